The molecule has 2 aromatic rings. The number of amides is 1. The number of aryl methyl sites for hydroxylation is 1. The second kappa shape index (κ2) is 8.20. The molecule has 8 heteroatoms. The number of hydrogen-bond donors (Lipinski definition) is 2. The molecule has 0 aliphatic carbocycles. The molecule has 26 heavy (non-hydrogen) atoms. The number of nitrogens with one attached hydrogen (secondary N) is 2. The first kappa shape index (κ1) is 18.9. The largest absolute Gasteiger partial charge is 0.326 e. The monoisotopic (exact) mass is 394 g/mol. The van der Waals surface area contributed by atoms with Gasteiger partial charge in [-0.15, -0.1) is 11.8 Å². The molecule has 3 rings (SSSR count). The lowest BCUT2D eigenvalue weighted by atomic mass is 10.0. The molecule has 138 valence electrons. The smallest absolute Gasteiger partial charge is 0.240 e. The molecule has 0 radical (unpaired) electrons. The van der Waals surface area contributed by atoms with E-state index in [9.17, 15) is 17.6 Å². The molecule has 1 aliphatic heterocycles. The van der Waals surface area contributed by atoms with E-state index >= 15 is 0 Å². The average Bonchev–Trinajstić information content (AvgIpc) is 2.62. The van der Waals surface area contributed by atoms with Crippen LogP contribution in [-0.4, -0.2) is 26.6 Å². The van der Waals surface area contributed by atoms with Crippen LogP contribution in [0.25, 0.3) is 0 Å². The van der Waals surface area contributed by atoms with Crippen molar-refractivity contribution >= 4 is 33.4 Å². The fourth-order valence-electron chi connectivity index (χ4n) is 2.61. The minimum absolute atomic E-state index is 0.0510. The van der Waals surface area contributed by atoms with Crippen LogP contribution in [0.4, 0.5) is 10.1 Å². The van der Waals surface area contributed by atoms with E-state index in [1.807, 2.05) is 0 Å². The number of sulfonamides is 1. The summed E-state index contributed by atoms with van der Waals surface area (Å²) in [6.07, 6.45) is 1.56. The predicted octanol–water partition coefficient (Wildman–Crippen LogP) is 3.17. The Bertz CT molecular complexity index is 899. The average molecular weight is 394 g/mol. The van der Waals surface area contributed by atoms with Crippen molar-refractivity contribution in [3.05, 3.63) is 53.8 Å². The second-order valence-electron chi connectivity index (χ2n) is 5.92. The number of carbonyl (C=O) groups excluding carboxylic acids is 1. The molecule has 0 saturated heterocycles. The van der Waals surface area contributed by atoms with E-state index in [-0.39, 0.29) is 16.6 Å². The van der Waals surface area contributed by atoms with Gasteiger partial charge in [0.15, 0.2) is 0 Å². The molecule has 1 aliphatic rings. The number of hydrogen-bond acceptors (Lipinski definition) is 4. The molecule has 2 aromatic carbocycles. The Morgan fingerprint density at radius 1 is 1.12 bits per heavy atom. The van der Waals surface area contributed by atoms with Crippen LogP contribution >= 0.6 is 11.8 Å². The van der Waals surface area contributed by atoms with Crippen molar-refractivity contribution in [2.45, 2.75) is 29.1 Å². The highest BCUT2D eigenvalue weighted by Crippen LogP contribution is 2.25. The minimum Gasteiger partial charge on any atom is -0.326 e. The van der Waals surface area contributed by atoms with E-state index < -0.39 is 10.0 Å². The predicted molar refractivity (Wildman–Crippen MR) is 100 cm³/mol. The highest BCUT2D eigenvalue weighted by Gasteiger charge is 2.19. The Labute approximate surface area is 156 Å². The Kier molecular flexibility index (Phi) is 5.95. The molecule has 2 N–H and O–H groups in total. The van der Waals surface area contributed by atoms with Crippen LogP contribution in [0.5, 0.6) is 0 Å². The first-order valence-electron chi connectivity index (χ1n) is 8.25. The molecule has 1 amide bonds. The topological polar surface area (TPSA) is 75.3 Å². The van der Waals surface area contributed by atoms with Crippen LogP contribution in [0.3, 0.4) is 0 Å². The van der Waals surface area contributed by atoms with Crippen molar-refractivity contribution < 1.29 is 17.6 Å². The zero-order valence-corrected chi connectivity index (χ0v) is 15.6. The summed E-state index contributed by atoms with van der Waals surface area (Å²) in [6, 6.07) is 11.0. The molecule has 0 aromatic heterocycles. The highest BCUT2D eigenvalue weighted by atomic mass is 32.2. The Hall–Kier alpha value is -1.90. The van der Waals surface area contributed by atoms with Crippen LogP contribution in [0.1, 0.15) is 18.4 Å². The zero-order chi connectivity index (χ0) is 18.6. The van der Waals surface area contributed by atoms with Crippen molar-refractivity contribution in [2.24, 2.45) is 0 Å². The Balaban J connectivity index is 1.51. The summed E-state index contributed by atoms with van der Waals surface area (Å²) in [5.41, 5.74) is 1.51. The quantitative estimate of drug-likeness (QED) is 0.559. The number of carbonyl (C=O) groups is 1. The van der Waals surface area contributed by atoms with E-state index in [4.69, 9.17) is 0 Å². The van der Waals surface area contributed by atoms with Gasteiger partial charge in [0.1, 0.15) is 5.82 Å². The van der Waals surface area contributed by atoms with E-state index in [1.54, 1.807) is 36.0 Å². The Morgan fingerprint density at radius 3 is 2.65 bits per heavy atom. The summed E-state index contributed by atoms with van der Waals surface area (Å²) in [5, 5.41) is 2.74. The lowest BCUT2D eigenvalue weighted by molar-refractivity contribution is -0.116. The van der Waals surface area contributed by atoms with Gasteiger partial charge < -0.3 is 5.32 Å². The van der Waals surface area contributed by atoms with E-state index in [1.165, 1.54) is 18.2 Å². The summed E-state index contributed by atoms with van der Waals surface area (Å²) in [4.78, 5) is 12.5. The van der Waals surface area contributed by atoms with Crippen molar-refractivity contribution in [1.82, 2.24) is 4.72 Å². The van der Waals surface area contributed by atoms with Crippen molar-refractivity contribution in [1.29, 1.82) is 0 Å². The van der Waals surface area contributed by atoms with E-state index in [0.717, 1.165) is 16.2 Å². The normalized spacial score (nSPS) is 14.0. The van der Waals surface area contributed by atoms with Gasteiger partial charge in [-0.05, 0) is 66.6 Å². The van der Waals surface area contributed by atoms with Crippen LogP contribution in [0.2, 0.25) is 0 Å². The van der Waals surface area contributed by atoms with Gasteiger partial charge in [0.25, 0.3) is 0 Å². The molecule has 1 heterocycles. The van der Waals surface area contributed by atoms with Crippen molar-refractivity contribution in [3.63, 3.8) is 0 Å². The van der Waals surface area contributed by atoms with Gasteiger partial charge in [0, 0.05) is 23.5 Å². The first-order valence-corrected chi connectivity index (χ1v) is 10.7. The number of anilines is 1. The Morgan fingerprint density at radius 2 is 1.88 bits per heavy atom. The number of benzene rings is 2. The standard InChI is InChI=1S/C18H19FN2O3S2/c19-14-3-5-15(6-4-14)25-11-1-10-20-26(23,24)16-7-8-17-13(12-16)2-9-18(22)21-17/h3-8,12,20H,1-2,9-11H2,(H,21,22). The third-order valence-corrected chi connectivity index (χ3v) is 6.54. The molecule has 0 atom stereocenters. The molecular formula is C18H19FN2O3S2. The van der Waals surface area contributed by atoms with Gasteiger partial charge in [-0.25, -0.2) is 17.5 Å². The summed E-state index contributed by atoms with van der Waals surface area (Å²) >= 11 is 1.55. The molecule has 0 unspecified atom stereocenters. The van der Waals surface area contributed by atoms with Crippen LogP contribution < -0.4 is 10.0 Å². The molecule has 0 bridgehead atoms. The van der Waals surface area contributed by atoms with E-state index in [2.05, 4.69) is 10.0 Å². The molecular weight excluding hydrogens is 375 g/mol. The fraction of sp³-hybridized carbons (Fsp3) is 0.278. The summed E-state index contributed by atoms with van der Waals surface area (Å²) in [7, 11) is -3.58. The van der Waals surface area contributed by atoms with Crippen LogP contribution in [0.15, 0.2) is 52.3 Å². The van der Waals surface area contributed by atoms with E-state index in [0.29, 0.717) is 31.5 Å². The lowest BCUT2D eigenvalue weighted by Crippen LogP contribution is -2.26. The number of thioether (sulfide) groups is 1. The van der Waals surface area contributed by atoms with Crippen molar-refractivity contribution in [2.75, 3.05) is 17.6 Å². The fourth-order valence-corrected chi connectivity index (χ4v) is 4.59. The van der Waals surface area contributed by atoms with Gasteiger partial charge in [0.2, 0.25) is 15.9 Å². The number of rotatable bonds is 7. The molecule has 0 fully saturated rings. The molecule has 0 spiro atoms. The van der Waals surface area contributed by atoms with Crippen LogP contribution in [-0.2, 0) is 21.2 Å². The number of halogens is 1. The zero-order valence-electron chi connectivity index (χ0n) is 14.0. The SMILES string of the molecule is O=C1CCc2cc(S(=O)(=O)NCCCSc3ccc(F)cc3)ccc2N1. The van der Waals surface area contributed by atoms with Gasteiger partial charge in [-0.1, -0.05) is 0 Å². The van der Waals surface area contributed by atoms with Gasteiger partial charge in [0.05, 0.1) is 4.90 Å². The van der Waals surface area contributed by atoms with Crippen molar-refractivity contribution in [3.8, 4) is 0 Å². The van der Waals surface area contributed by atoms with Crippen LogP contribution in [0, 0.1) is 5.82 Å². The lowest BCUT2D eigenvalue weighted by Gasteiger charge is -2.17. The maximum atomic E-state index is 12.8. The van der Waals surface area contributed by atoms with Gasteiger partial charge in [-0.2, -0.15) is 0 Å². The minimum atomic E-state index is -3.58. The second-order valence-corrected chi connectivity index (χ2v) is 8.86. The summed E-state index contributed by atoms with van der Waals surface area (Å²) in [6.45, 7) is 0.324. The van der Waals surface area contributed by atoms with Gasteiger partial charge in [-0.3, -0.25) is 4.79 Å². The number of fused-ring (bicyclic) bond motifs is 1. The molecule has 0 saturated carbocycles. The van der Waals surface area contributed by atoms with Gasteiger partial charge >= 0.3 is 0 Å². The summed E-state index contributed by atoms with van der Waals surface area (Å²) < 4.78 is 40.2. The highest BCUT2D eigenvalue weighted by molar-refractivity contribution is 7.99. The first-order chi connectivity index (χ1) is 12.4. The molecule has 5 nitrogen and oxygen atoms in total. The third kappa shape index (κ3) is 4.84. The maximum absolute atomic E-state index is 12.8. The third-order valence-electron chi connectivity index (χ3n) is 3.98. The summed E-state index contributed by atoms with van der Waals surface area (Å²) in [5.74, 6) is 0.404. The maximum Gasteiger partial charge on any atom is 0.240 e.